The molecule has 0 saturated heterocycles. The van der Waals surface area contributed by atoms with E-state index in [4.69, 9.17) is 18.9 Å². The molecular weight excluding hydrogens is 470 g/mol. The quantitative estimate of drug-likeness (QED) is 0.401. The van der Waals surface area contributed by atoms with E-state index < -0.39 is 0 Å². The molecule has 3 aromatic rings. The highest BCUT2D eigenvalue weighted by Crippen LogP contribution is 2.39. The number of rotatable bonds is 8. The van der Waals surface area contributed by atoms with E-state index in [2.05, 4.69) is 57.2 Å². The number of methoxy groups -OCH3 is 3. The highest BCUT2D eigenvalue weighted by molar-refractivity contribution is 9.10. The number of nitrogens with zero attached hydrogens (tertiary/aromatic N) is 1. The Hall–Kier alpha value is -2.70. The summed E-state index contributed by atoms with van der Waals surface area (Å²) in [5.41, 5.74) is 3.76. The van der Waals surface area contributed by atoms with Gasteiger partial charge in [-0.05, 0) is 71.6 Å². The first-order valence-corrected chi connectivity index (χ1v) is 11.4. The van der Waals surface area contributed by atoms with Gasteiger partial charge in [-0.2, -0.15) is 0 Å². The zero-order valence-electron chi connectivity index (χ0n) is 18.6. The van der Waals surface area contributed by atoms with E-state index in [1.165, 1.54) is 16.7 Å². The first-order chi connectivity index (χ1) is 15.6. The highest BCUT2D eigenvalue weighted by atomic mass is 79.9. The molecule has 0 fully saturated rings. The fourth-order valence-electron chi connectivity index (χ4n) is 4.18. The van der Waals surface area contributed by atoms with Crippen molar-refractivity contribution < 1.29 is 18.9 Å². The topological polar surface area (TPSA) is 40.2 Å². The lowest BCUT2D eigenvalue weighted by molar-refractivity contribution is 0.118. The lowest BCUT2D eigenvalue weighted by atomic mass is 9.91. The molecule has 1 unspecified atom stereocenters. The molecule has 32 heavy (non-hydrogen) atoms. The van der Waals surface area contributed by atoms with Gasteiger partial charge < -0.3 is 18.9 Å². The van der Waals surface area contributed by atoms with Crippen LogP contribution in [-0.2, 0) is 13.0 Å². The van der Waals surface area contributed by atoms with Gasteiger partial charge in [0.15, 0.2) is 11.5 Å². The summed E-state index contributed by atoms with van der Waals surface area (Å²) in [7, 11) is 5.02. The van der Waals surface area contributed by atoms with E-state index >= 15 is 0 Å². The summed E-state index contributed by atoms with van der Waals surface area (Å²) in [5.74, 6) is 3.14. The minimum Gasteiger partial charge on any atom is -0.497 e. The highest BCUT2D eigenvalue weighted by Gasteiger charge is 2.30. The summed E-state index contributed by atoms with van der Waals surface area (Å²) in [6.07, 6.45) is 0.947. The maximum atomic E-state index is 6.25. The molecule has 168 valence electrons. The average molecular weight is 498 g/mol. The molecule has 0 amide bonds. The Bertz CT molecular complexity index is 1050. The van der Waals surface area contributed by atoms with Crippen LogP contribution in [0.3, 0.4) is 0 Å². The lowest BCUT2D eigenvalue weighted by Gasteiger charge is -2.37. The molecule has 0 saturated carbocycles. The van der Waals surface area contributed by atoms with Gasteiger partial charge >= 0.3 is 0 Å². The van der Waals surface area contributed by atoms with Crippen LogP contribution < -0.4 is 18.9 Å². The van der Waals surface area contributed by atoms with Gasteiger partial charge in [0.2, 0.25) is 0 Å². The van der Waals surface area contributed by atoms with Crippen LogP contribution in [0.5, 0.6) is 23.0 Å². The van der Waals surface area contributed by atoms with Crippen LogP contribution >= 0.6 is 15.9 Å². The molecule has 3 aromatic carbocycles. The number of ether oxygens (including phenoxy) is 4. The van der Waals surface area contributed by atoms with Gasteiger partial charge in [-0.15, -0.1) is 0 Å². The molecule has 0 N–H and O–H groups in total. The molecular formula is C26H28BrNO4. The zero-order chi connectivity index (χ0) is 22.5. The molecule has 5 nitrogen and oxygen atoms in total. The molecule has 0 spiro atoms. The van der Waals surface area contributed by atoms with E-state index in [-0.39, 0.29) is 6.04 Å². The summed E-state index contributed by atoms with van der Waals surface area (Å²) in [5, 5.41) is 0. The Morgan fingerprint density at radius 1 is 0.875 bits per heavy atom. The summed E-state index contributed by atoms with van der Waals surface area (Å²) in [6, 6.07) is 20.5. The minimum atomic E-state index is 0.0830. The van der Waals surface area contributed by atoms with Crippen LogP contribution in [-0.4, -0.2) is 39.4 Å². The number of hydrogen-bond donors (Lipinski definition) is 0. The fraction of sp³-hybridized carbons (Fsp3) is 0.308. The summed E-state index contributed by atoms with van der Waals surface area (Å²) in [4.78, 5) is 2.47. The first-order valence-electron chi connectivity index (χ1n) is 10.6. The Kier molecular flexibility index (Phi) is 7.22. The molecule has 0 aromatic heterocycles. The molecule has 1 heterocycles. The van der Waals surface area contributed by atoms with E-state index in [0.29, 0.717) is 6.61 Å². The van der Waals surface area contributed by atoms with Gasteiger partial charge in [0, 0.05) is 17.6 Å². The van der Waals surface area contributed by atoms with Crippen molar-refractivity contribution in [1.29, 1.82) is 0 Å². The van der Waals surface area contributed by atoms with E-state index in [9.17, 15) is 0 Å². The maximum absolute atomic E-state index is 6.25. The van der Waals surface area contributed by atoms with E-state index in [0.717, 1.165) is 47.0 Å². The van der Waals surface area contributed by atoms with Gasteiger partial charge in [0.05, 0.1) is 27.4 Å². The van der Waals surface area contributed by atoms with Gasteiger partial charge in [0.1, 0.15) is 18.1 Å². The van der Waals surface area contributed by atoms with Crippen LogP contribution in [0.15, 0.2) is 65.1 Å². The van der Waals surface area contributed by atoms with Gasteiger partial charge in [-0.1, -0.05) is 28.1 Å². The Balaban J connectivity index is 1.63. The average Bonchev–Trinajstić information content (AvgIpc) is 2.82. The smallest absolute Gasteiger partial charge is 0.161 e. The molecule has 4 rings (SSSR count). The van der Waals surface area contributed by atoms with E-state index in [1.54, 1.807) is 21.3 Å². The first kappa shape index (κ1) is 22.5. The van der Waals surface area contributed by atoms with Crippen LogP contribution in [0.1, 0.15) is 22.7 Å². The van der Waals surface area contributed by atoms with Crippen LogP contribution in [0.25, 0.3) is 0 Å². The van der Waals surface area contributed by atoms with Crippen molar-refractivity contribution in [2.45, 2.75) is 19.0 Å². The third-order valence-electron chi connectivity index (χ3n) is 5.86. The third kappa shape index (κ3) is 5.03. The predicted octanol–water partition coefficient (Wildman–Crippen LogP) is 5.65. The van der Waals surface area contributed by atoms with Gasteiger partial charge in [0.25, 0.3) is 0 Å². The molecule has 0 aliphatic carbocycles. The number of halogens is 1. The normalized spacial score (nSPS) is 15.7. The monoisotopic (exact) mass is 497 g/mol. The van der Waals surface area contributed by atoms with Gasteiger partial charge in [-0.3, -0.25) is 4.90 Å². The number of hydrogen-bond acceptors (Lipinski definition) is 5. The Labute approximate surface area is 198 Å². The fourth-order valence-corrected chi connectivity index (χ4v) is 4.63. The number of benzene rings is 3. The minimum absolute atomic E-state index is 0.0830. The van der Waals surface area contributed by atoms with Crippen molar-refractivity contribution in [3.63, 3.8) is 0 Å². The second-order valence-electron chi connectivity index (χ2n) is 7.76. The summed E-state index contributed by atoms with van der Waals surface area (Å²) in [6.45, 7) is 2.30. The molecule has 1 aliphatic rings. The Morgan fingerprint density at radius 2 is 1.59 bits per heavy atom. The zero-order valence-corrected chi connectivity index (χ0v) is 20.2. The molecule has 0 bridgehead atoms. The molecule has 1 aliphatic heterocycles. The van der Waals surface area contributed by atoms with Crippen molar-refractivity contribution in [3.8, 4) is 23.0 Å². The number of fused-ring (bicyclic) bond motifs is 1. The predicted molar refractivity (Wildman–Crippen MR) is 129 cm³/mol. The van der Waals surface area contributed by atoms with Crippen molar-refractivity contribution >= 4 is 15.9 Å². The van der Waals surface area contributed by atoms with Crippen LogP contribution in [0, 0.1) is 0 Å². The second-order valence-corrected chi connectivity index (χ2v) is 8.67. The lowest BCUT2D eigenvalue weighted by Crippen LogP contribution is -2.38. The summed E-state index contributed by atoms with van der Waals surface area (Å²) < 4.78 is 23.7. The Morgan fingerprint density at radius 3 is 2.28 bits per heavy atom. The van der Waals surface area contributed by atoms with Crippen molar-refractivity contribution in [3.05, 3.63) is 81.8 Å². The van der Waals surface area contributed by atoms with Crippen molar-refractivity contribution in [2.24, 2.45) is 0 Å². The molecule has 0 radical (unpaired) electrons. The maximum Gasteiger partial charge on any atom is 0.161 e. The third-order valence-corrected chi connectivity index (χ3v) is 6.35. The molecule has 1 atom stereocenters. The van der Waals surface area contributed by atoms with Crippen molar-refractivity contribution in [1.82, 2.24) is 4.90 Å². The molecule has 6 heteroatoms. The van der Waals surface area contributed by atoms with E-state index in [1.807, 2.05) is 24.3 Å². The van der Waals surface area contributed by atoms with Gasteiger partial charge in [-0.25, -0.2) is 0 Å². The second kappa shape index (κ2) is 10.3. The standard InChI is InChI=1S/C26H28BrNO4/c1-29-21-7-9-22(10-8-21)32-17-24-23-15-26(31-3)25(30-2)14-19(23)11-12-28(24)16-18-5-4-6-20(27)13-18/h4-10,13-15,24H,11-12,16-17H2,1-3H3. The van der Waals surface area contributed by atoms with Crippen molar-refractivity contribution in [2.75, 3.05) is 34.5 Å². The largest absolute Gasteiger partial charge is 0.497 e. The SMILES string of the molecule is COc1ccc(OCC2c3cc(OC)c(OC)cc3CCN2Cc2cccc(Br)c2)cc1. The van der Waals surface area contributed by atoms with Crippen LogP contribution in [0.4, 0.5) is 0 Å². The summed E-state index contributed by atoms with van der Waals surface area (Å²) >= 11 is 3.59. The van der Waals surface area contributed by atoms with Crippen LogP contribution in [0.2, 0.25) is 0 Å².